The Morgan fingerprint density at radius 2 is 2.00 bits per heavy atom. The Hall–Kier alpha value is -0.610. The van der Waals surface area contributed by atoms with E-state index in [0.29, 0.717) is 17.9 Å². The molecule has 104 valence electrons. The minimum atomic E-state index is 0.178. The van der Waals surface area contributed by atoms with Gasteiger partial charge in [0, 0.05) is 31.1 Å². The summed E-state index contributed by atoms with van der Waals surface area (Å²) in [5.74, 6) is 1.10. The van der Waals surface area contributed by atoms with E-state index in [1.165, 1.54) is 0 Å². The van der Waals surface area contributed by atoms with Gasteiger partial charge in [0.05, 0.1) is 0 Å². The number of likely N-dealkylation sites (N-methyl/N-ethyl adjacent to an activating group) is 1. The zero-order valence-corrected chi connectivity index (χ0v) is 11.9. The average molecular weight is 253 g/mol. The molecule has 4 nitrogen and oxygen atoms in total. The van der Waals surface area contributed by atoms with Gasteiger partial charge in [-0.25, -0.2) is 0 Å². The monoisotopic (exact) mass is 253 g/mol. The number of carbonyl (C=O) groups excluding carboxylic acids is 1. The third kappa shape index (κ3) is 2.86. The number of amides is 1. The third-order valence-electron chi connectivity index (χ3n) is 4.81. The number of hydrogen-bond acceptors (Lipinski definition) is 3. The smallest absolute Gasteiger partial charge is 0.225 e. The van der Waals surface area contributed by atoms with Crippen LogP contribution in [0.15, 0.2) is 0 Å². The molecule has 1 aliphatic carbocycles. The third-order valence-corrected chi connectivity index (χ3v) is 4.81. The first kappa shape index (κ1) is 13.8. The highest BCUT2D eigenvalue weighted by Gasteiger charge is 2.35. The molecule has 1 aliphatic heterocycles. The Balaban J connectivity index is 1.89. The number of likely N-dealkylation sites (tertiary alicyclic amines) is 1. The van der Waals surface area contributed by atoms with Crippen LogP contribution >= 0.6 is 0 Å². The van der Waals surface area contributed by atoms with Crippen LogP contribution in [-0.2, 0) is 4.79 Å². The highest BCUT2D eigenvalue weighted by Crippen LogP contribution is 2.30. The maximum atomic E-state index is 12.5. The molecule has 0 aromatic carbocycles. The van der Waals surface area contributed by atoms with Crippen LogP contribution in [0.2, 0.25) is 0 Å². The van der Waals surface area contributed by atoms with Gasteiger partial charge < -0.3 is 15.5 Å². The van der Waals surface area contributed by atoms with Gasteiger partial charge in [-0.15, -0.1) is 0 Å². The molecule has 1 heterocycles. The van der Waals surface area contributed by atoms with Crippen molar-refractivity contribution in [3.63, 3.8) is 0 Å². The number of rotatable bonds is 2. The molecular formula is C14H27N3O. The summed E-state index contributed by atoms with van der Waals surface area (Å²) in [6, 6.07) is 0.741. The lowest BCUT2D eigenvalue weighted by Gasteiger charge is -2.33. The van der Waals surface area contributed by atoms with Crippen LogP contribution in [0.3, 0.4) is 0 Å². The number of nitrogens with two attached hydrogens (primary N) is 1. The predicted molar refractivity (Wildman–Crippen MR) is 73.2 cm³/mol. The topological polar surface area (TPSA) is 49.6 Å². The van der Waals surface area contributed by atoms with Crippen molar-refractivity contribution >= 4 is 5.91 Å². The standard InChI is InChI=1S/C14H27N3O/c1-10-4-5-11(8-13(10)15)14(18)17-7-6-12(9-17)16(2)3/h10-13H,4-9,15H2,1-3H3. The number of carbonyl (C=O) groups is 1. The van der Waals surface area contributed by atoms with Crippen molar-refractivity contribution < 1.29 is 4.79 Å². The highest BCUT2D eigenvalue weighted by molar-refractivity contribution is 5.79. The molecule has 2 rings (SSSR count). The normalized spacial score (nSPS) is 37.3. The molecule has 4 unspecified atom stereocenters. The van der Waals surface area contributed by atoms with E-state index in [4.69, 9.17) is 5.73 Å². The fourth-order valence-corrected chi connectivity index (χ4v) is 3.20. The lowest BCUT2D eigenvalue weighted by atomic mass is 9.79. The van der Waals surface area contributed by atoms with Crippen LogP contribution in [0, 0.1) is 11.8 Å². The Labute approximate surface area is 110 Å². The lowest BCUT2D eigenvalue weighted by molar-refractivity contribution is -0.136. The van der Waals surface area contributed by atoms with Crippen molar-refractivity contribution in [1.82, 2.24) is 9.80 Å². The summed E-state index contributed by atoms with van der Waals surface area (Å²) in [5.41, 5.74) is 6.10. The minimum absolute atomic E-state index is 0.178. The second-order valence-electron chi connectivity index (χ2n) is 6.34. The molecule has 4 atom stereocenters. The van der Waals surface area contributed by atoms with Gasteiger partial charge in [-0.1, -0.05) is 6.92 Å². The van der Waals surface area contributed by atoms with E-state index in [1.807, 2.05) is 0 Å². The molecule has 0 aromatic heterocycles. The summed E-state index contributed by atoms with van der Waals surface area (Å²) in [5, 5.41) is 0. The van der Waals surface area contributed by atoms with Gasteiger partial charge in [-0.3, -0.25) is 4.79 Å². The van der Waals surface area contributed by atoms with Crippen LogP contribution in [0.5, 0.6) is 0 Å². The first-order valence-electron chi connectivity index (χ1n) is 7.19. The van der Waals surface area contributed by atoms with Crippen molar-refractivity contribution in [2.45, 2.75) is 44.7 Å². The van der Waals surface area contributed by atoms with Gasteiger partial charge in [-0.05, 0) is 45.7 Å². The van der Waals surface area contributed by atoms with E-state index in [9.17, 15) is 4.79 Å². The molecule has 1 saturated heterocycles. The molecule has 2 aliphatic rings. The molecular weight excluding hydrogens is 226 g/mol. The number of hydrogen-bond donors (Lipinski definition) is 1. The van der Waals surface area contributed by atoms with E-state index in [2.05, 4.69) is 30.8 Å². The SMILES string of the molecule is CC1CCC(C(=O)N2CCC(N(C)C)C2)CC1N. The summed E-state index contributed by atoms with van der Waals surface area (Å²) in [6.07, 6.45) is 4.11. The molecule has 18 heavy (non-hydrogen) atoms. The van der Waals surface area contributed by atoms with E-state index < -0.39 is 0 Å². The van der Waals surface area contributed by atoms with E-state index in [1.54, 1.807) is 0 Å². The van der Waals surface area contributed by atoms with Gasteiger partial charge in [-0.2, -0.15) is 0 Å². The quantitative estimate of drug-likeness (QED) is 0.796. The molecule has 1 saturated carbocycles. The molecule has 2 N–H and O–H groups in total. The summed E-state index contributed by atoms with van der Waals surface area (Å²) < 4.78 is 0. The minimum Gasteiger partial charge on any atom is -0.341 e. The van der Waals surface area contributed by atoms with Crippen LogP contribution in [0.25, 0.3) is 0 Å². The van der Waals surface area contributed by atoms with Gasteiger partial charge >= 0.3 is 0 Å². The Bertz CT molecular complexity index is 305. The predicted octanol–water partition coefficient (Wildman–Crippen LogP) is 0.912. The Kier molecular flexibility index (Phi) is 4.28. The van der Waals surface area contributed by atoms with E-state index in [0.717, 1.165) is 38.8 Å². The molecule has 0 bridgehead atoms. The molecule has 1 amide bonds. The molecule has 0 aromatic rings. The first-order chi connectivity index (χ1) is 8.49. The maximum absolute atomic E-state index is 12.5. The van der Waals surface area contributed by atoms with Crippen molar-refractivity contribution in [2.75, 3.05) is 27.2 Å². The zero-order valence-electron chi connectivity index (χ0n) is 11.9. The second-order valence-corrected chi connectivity index (χ2v) is 6.34. The van der Waals surface area contributed by atoms with Gasteiger partial charge in [0.25, 0.3) is 0 Å². The van der Waals surface area contributed by atoms with Crippen LogP contribution in [-0.4, -0.2) is 55.0 Å². The van der Waals surface area contributed by atoms with Gasteiger partial charge in [0.1, 0.15) is 0 Å². The lowest BCUT2D eigenvalue weighted by Crippen LogP contribution is -2.43. The maximum Gasteiger partial charge on any atom is 0.225 e. The van der Waals surface area contributed by atoms with Crippen LogP contribution in [0.4, 0.5) is 0 Å². The summed E-state index contributed by atoms with van der Waals surface area (Å²) >= 11 is 0. The largest absolute Gasteiger partial charge is 0.341 e. The summed E-state index contributed by atoms with van der Waals surface area (Å²) in [4.78, 5) is 16.8. The van der Waals surface area contributed by atoms with Crippen LogP contribution in [0.1, 0.15) is 32.6 Å². The van der Waals surface area contributed by atoms with Crippen molar-refractivity contribution in [3.8, 4) is 0 Å². The van der Waals surface area contributed by atoms with Crippen molar-refractivity contribution in [1.29, 1.82) is 0 Å². The summed E-state index contributed by atoms with van der Waals surface area (Å²) in [7, 11) is 4.19. The Morgan fingerprint density at radius 1 is 1.28 bits per heavy atom. The fraction of sp³-hybridized carbons (Fsp3) is 0.929. The highest BCUT2D eigenvalue weighted by atomic mass is 16.2. The average Bonchev–Trinajstić information content (AvgIpc) is 2.81. The zero-order chi connectivity index (χ0) is 13.3. The van der Waals surface area contributed by atoms with Gasteiger partial charge in [0.15, 0.2) is 0 Å². The molecule has 0 spiro atoms. The van der Waals surface area contributed by atoms with Crippen LogP contribution < -0.4 is 5.73 Å². The molecule has 4 heteroatoms. The summed E-state index contributed by atoms with van der Waals surface area (Å²) in [6.45, 7) is 4.01. The first-order valence-corrected chi connectivity index (χ1v) is 7.19. The Morgan fingerprint density at radius 3 is 2.56 bits per heavy atom. The second kappa shape index (κ2) is 5.57. The fourth-order valence-electron chi connectivity index (χ4n) is 3.20. The number of nitrogens with zero attached hydrogens (tertiary/aromatic N) is 2. The molecule has 2 fully saturated rings. The van der Waals surface area contributed by atoms with E-state index >= 15 is 0 Å². The van der Waals surface area contributed by atoms with Crippen molar-refractivity contribution in [2.24, 2.45) is 17.6 Å². The molecule has 0 radical (unpaired) electrons. The van der Waals surface area contributed by atoms with Gasteiger partial charge in [0.2, 0.25) is 5.91 Å². The van der Waals surface area contributed by atoms with E-state index in [-0.39, 0.29) is 12.0 Å². The van der Waals surface area contributed by atoms with Crippen molar-refractivity contribution in [3.05, 3.63) is 0 Å².